The second kappa shape index (κ2) is 18.6. The third-order valence-electron chi connectivity index (χ3n) is 11.1. The highest BCUT2D eigenvalue weighted by Crippen LogP contribution is 2.34. The van der Waals surface area contributed by atoms with E-state index in [0.29, 0.717) is 45.7 Å². The molecular weight excluding hydrogens is 773 g/mol. The average Bonchev–Trinajstić information content (AvgIpc) is 3.66. The minimum atomic E-state index is -1.88. The summed E-state index contributed by atoms with van der Waals surface area (Å²) in [6.07, 6.45) is 6.97. The molecule has 61 heavy (non-hydrogen) atoms. The molecule has 4 amide bonds. The Labute approximate surface area is 359 Å². The van der Waals surface area contributed by atoms with Gasteiger partial charge in [0.15, 0.2) is 12.5 Å². The number of ether oxygens (including phenoxy) is 3. The Hall–Kier alpha value is -6.22. The second-order valence-electron chi connectivity index (χ2n) is 17.7. The maximum atomic E-state index is 14.2. The van der Waals surface area contributed by atoms with E-state index in [9.17, 15) is 24.0 Å². The number of nitrogens with one attached hydrogen (secondary N) is 1. The molecule has 1 aromatic heterocycles. The molecule has 0 radical (unpaired) electrons. The van der Waals surface area contributed by atoms with Crippen molar-refractivity contribution in [3.05, 3.63) is 95.7 Å². The van der Waals surface area contributed by atoms with Crippen molar-refractivity contribution in [3.8, 4) is 34.6 Å². The normalized spacial score (nSPS) is 17.5. The number of nitrogens with zero attached hydrogens (tertiary/aromatic N) is 3. The number of pyridine rings is 1. The van der Waals surface area contributed by atoms with Gasteiger partial charge in [0.1, 0.15) is 11.4 Å². The minimum Gasteiger partial charge on any atom is -0.497 e. The zero-order chi connectivity index (χ0) is 44.9. The molecule has 1 N–H and O–H groups in total. The summed E-state index contributed by atoms with van der Waals surface area (Å²) in [7, 11) is 1.51. The topological polar surface area (TPSA) is 144 Å². The molecule has 2 aromatic carbocycles. The van der Waals surface area contributed by atoms with Crippen molar-refractivity contribution in [2.75, 3.05) is 20.4 Å². The summed E-state index contributed by atoms with van der Waals surface area (Å²) >= 11 is 0. The van der Waals surface area contributed by atoms with Gasteiger partial charge < -0.3 is 24.4 Å². The van der Waals surface area contributed by atoms with Gasteiger partial charge in [0.05, 0.1) is 30.2 Å². The summed E-state index contributed by atoms with van der Waals surface area (Å²) in [6, 6.07) is 14.9. The van der Waals surface area contributed by atoms with Gasteiger partial charge in [-0.05, 0) is 107 Å². The number of rotatable bonds is 14. The summed E-state index contributed by atoms with van der Waals surface area (Å²) in [5.41, 5.74) is 0.733. The van der Waals surface area contributed by atoms with Gasteiger partial charge in [0, 0.05) is 23.2 Å². The van der Waals surface area contributed by atoms with Crippen LogP contribution in [0.15, 0.2) is 73.3 Å². The van der Waals surface area contributed by atoms with Crippen LogP contribution in [0.4, 0.5) is 4.79 Å². The molecule has 12 heteroatoms. The summed E-state index contributed by atoms with van der Waals surface area (Å²) < 4.78 is 16.6. The van der Waals surface area contributed by atoms with Crippen LogP contribution in [0.5, 0.6) is 11.5 Å². The number of amides is 4. The molecule has 5 rings (SSSR count). The molecule has 0 aliphatic carbocycles. The van der Waals surface area contributed by atoms with E-state index < -0.39 is 47.0 Å². The molecule has 0 spiro atoms. The number of benzene rings is 2. The Morgan fingerprint density at radius 3 is 2.26 bits per heavy atom. The standard InChI is InChI=1S/C49H58N4O8/c1-12-31(4)33(13-2)19-20-34(14-3)39-23-24-40(61-45(57)48(8,9)10)41(50-39)35-17-15-32(16-18-35)25-26-49(29-52-28-36-21-22-37(59-11)27-38(36)42(52)54)43(55)53(46(58)51-49)30-60-44(56)47(5,6)7/h14-18,20-24,27,31,33H,3,12-13,19,28-30H2,1-2,4-11H3,(H,51,58)/b34-20+/t31?,33?,49-/m1/s1. The van der Waals surface area contributed by atoms with Gasteiger partial charge in [0.2, 0.25) is 5.54 Å². The lowest BCUT2D eigenvalue weighted by atomic mass is 9.86. The lowest BCUT2D eigenvalue weighted by Gasteiger charge is -2.27. The number of urea groups is 1. The van der Waals surface area contributed by atoms with E-state index in [-0.39, 0.29) is 24.7 Å². The van der Waals surface area contributed by atoms with Crippen molar-refractivity contribution in [3.63, 3.8) is 0 Å². The van der Waals surface area contributed by atoms with Crippen LogP contribution in [0.1, 0.15) is 109 Å². The first-order chi connectivity index (χ1) is 28.7. The van der Waals surface area contributed by atoms with Crippen LogP contribution in [0.25, 0.3) is 16.8 Å². The highest BCUT2D eigenvalue weighted by Gasteiger charge is 2.53. The Kier molecular flexibility index (Phi) is 14.0. The van der Waals surface area contributed by atoms with Gasteiger partial charge in [0.25, 0.3) is 11.8 Å². The molecule has 0 saturated carbocycles. The zero-order valence-electron chi connectivity index (χ0n) is 37.1. The van der Waals surface area contributed by atoms with Crippen LogP contribution in [-0.4, -0.2) is 70.5 Å². The summed E-state index contributed by atoms with van der Waals surface area (Å²) in [5.74, 6) is 5.76. The third kappa shape index (κ3) is 10.4. The number of hydrogen-bond acceptors (Lipinski definition) is 9. The number of aromatic nitrogens is 1. The number of esters is 2. The van der Waals surface area contributed by atoms with E-state index in [4.69, 9.17) is 19.2 Å². The number of methoxy groups -OCH3 is 1. The molecule has 12 nitrogen and oxygen atoms in total. The van der Waals surface area contributed by atoms with Gasteiger partial charge in [-0.1, -0.05) is 82.4 Å². The number of carbonyl (C=O) groups is 5. The van der Waals surface area contributed by atoms with Crippen LogP contribution in [0.3, 0.4) is 0 Å². The van der Waals surface area contributed by atoms with Crippen LogP contribution < -0.4 is 14.8 Å². The van der Waals surface area contributed by atoms with Crippen molar-refractivity contribution in [1.29, 1.82) is 0 Å². The zero-order valence-corrected chi connectivity index (χ0v) is 37.1. The van der Waals surface area contributed by atoms with E-state index in [1.54, 1.807) is 96.1 Å². The van der Waals surface area contributed by atoms with Crippen LogP contribution in [0, 0.1) is 34.5 Å². The molecule has 1 saturated heterocycles. The highest BCUT2D eigenvalue weighted by atomic mass is 16.6. The fourth-order valence-corrected chi connectivity index (χ4v) is 6.94. The van der Waals surface area contributed by atoms with E-state index in [0.717, 1.165) is 35.3 Å². The van der Waals surface area contributed by atoms with Crippen LogP contribution in [-0.2, 0) is 25.7 Å². The Morgan fingerprint density at radius 2 is 1.66 bits per heavy atom. The van der Waals surface area contributed by atoms with Crippen molar-refractivity contribution in [2.45, 2.75) is 93.7 Å². The third-order valence-corrected chi connectivity index (χ3v) is 11.1. The lowest BCUT2D eigenvalue weighted by Crippen LogP contribution is -2.54. The van der Waals surface area contributed by atoms with E-state index in [2.05, 4.69) is 50.6 Å². The first-order valence-corrected chi connectivity index (χ1v) is 20.7. The number of fused-ring (bicyclic) bond motifs is 1. The van der Waals surface area contributed by atoms with Crippen LogP contribution in [0.2, 0.25) is 0 Å². The molecule has 3 heterocycles. The Bertz CT molecular complexity index is 2290. The van der Waals surface area contributed by atoms with E-state index in [1.807, 2.05) is 6.07 Å². The molecule has 3 aromatic rings. The molecule has 2 aliphatic rings. The van der Waals surface area contributed by atoms with Crippen molar-refractivity contribution in [2.24, 2.45) is 22.7 Å². The van der Waals surface area contributed by atoms with Crippen molar-refractivity contribution >= 4 is 35.4 Å². The molecule has 3 atom stereocenters. The molecule has 2 unspecified atom stereocenters. The monoisotopic (exact) mass is 830 g/mol. The molecule has 322 valence electrons. The largest absolute Gasteiger partial charge is 0.497 e. The van der Waals surface area contributed by atoms with Gasteiger partial charge >= 0.3 is 18.0 Å². The van der Waals surface area contributed by atoms with Gasteiger partial charge in [-0.3, -0.25) is 19.2 Å². The van der Waals surface area contributed by atoms with E-state index in [1.165, 1.54) is 12.0 Å². The summed E-state index contributed by atoms with van der Waals surface area (Å²) in [5, 5.41) is 2.71. The van der Waals surface area contributed by atoms with E-state index >= 15 is 0 Å². The Balaban J connectivity index is 1.51. The van der Waals surface area contributed by atoms with Gasteiger partial charge in [-0.25, -0.2) is 14.7 Å². The summed E-state index contributed by atoms with van der Waals surface area (Å²) in [6.45, 7) is 20.3. The fraction of sp³-hybridized carbons (Fsp3) is 0.429. The maximum absolute atomic E-state index is 14.2. The maximum Gasteiger partial charge on any atom is 0.328 e. The van der Waals surface area contributed by atoms with Crippen LogP contribution >= 0.6 is 0 Å². The quantitative estimate of drug-likeness (QED) is 0.0731. The predicted octanol–water partition coefficient (Wildman–Crippen LogP) is 8.59. The highest BCUT2D eigenvalue weighted by molar-refractivity contribution is 6.10. The summed E-state index contributed by atoms with van der Waals surface area (Å²) in [4.78, 5) is 74.2. The molecule has 1 fully saturated rings. The molecular formula is C49H58N4O8. The molecule has 2 aliphatic heterocycles. The number of carbonyl (C=O) groups excluding carboxylic acids is 5. The van der Waals surface area contributed by atoms with Crippen molar-refractivity contribution < 1.29 is 38.2 Å². The predicted molar refractivity (Wildman–Crippen MR) is 234 cm³/mol. The first-order valence-electron chi connectivity index (χ1n) is 20.7. The molecule has 0 bridgehead atoms. The second-order valence-corrected chi connectivity index (χ2v) is 17.7. The number of imide groups is 1. The average molecular weight is 831 g/mol. The Morgan fingerprint density at radius 1 is 0.967 bits per heavy atom. The van der Waals surface area contributed by atoms with Gasteiger partial charge in [-0.15, -0.1) is 0 Å². The number of hydrogen-bond donors (Lipinski definition) is 1. The SMILES string of the molecule is C=C/C(=C\CC(CC)C(C)CC)c1ccc(OC(=O)C(C)(C)C)c(-c2ccc(C#C[C@]3(CN4Cc5ccc(OC)cc5C4=O)NC(=O)N(COC(=O)C(C)(C)C)C3=O)cc2)n1. The lowest BCUT2D eigenvalue weighted by molar-refractivity contribution is -0.158. The first kappa shape index (κ1) is 45.9. The fourth-order valence-electron chi connectivity index (χ4n) is 6.94. The van der Waals surface area contributed by atoms with Gasteiger partial charge in [-0.2, -0.15) is 0 Å². The van der Waals surface area contributed by atoms with Crippen molar-refractivity contribution in [1.82, 2.24) is 20.1 Å². The number of allylic oxidation sites excluding steroid dienone is 3. The smallest absolute Gasteiger partial charge is 0.328 e. The minimum absolute atomic E-state index is 0.173.